The van der Waals surface area contributed by atoms with Crippen molar-refractivity contribution in [1.82, 2.24) is 4.90 Å². The third kappa shape index (κ3) is 6.48. The van der Waals surface area contributed by atoms with E-state index in [1.165, 1.54) is 4.90 Å². The van der Waals surface area contributed by atoms with Gasteiger partial charge in [-0.05, 0) is 107 Å². The molecule has 0 aliphatic carbocycles. The molecule has 3 aromatic carbocycles. The Morgan fingerprint density at radius 2 is 1.73 bits per heavy atom. The van der Waals surface area contributed by atoms with Crippen molar-refractivity contribution in [3.05, 3.63) is 90.9 Å². The minimum atomic E-state index is -0.326. The highest BCUT2D eigenvalue weighted by Crippen LogP contribution is 2.37. The van der Waals surface area contributed by atoms with Crippen molar-refractivity contribution < 1.29 is 23.8 Å². The first-order chi connectivity index (χ1) is 17.8. The van der Waals surface area contributed by atoms with Gasteiger partial charge in [-0.2, -0.15) is 0 Å². The Hall–Kier alpha value is -2.98. The molecule has 37 heavy (non-hydrogen) atoms. The smallest absolute Gasteiger partial charge is 0.293 e. The van der Waals surface area contributed by atoms with E-state index in [4.69, 9.17) is 14.2 Å². The number of hydrogen-bond acceptors (Lipinski definition) is 6. The monoisotopic (exact) mass is 629 g/mol. The maximum atomic E-state index is 13.0. The molecule has 1 fully saturated rings. The molecule has 6 nitrogen and oxygen atoms in total. The van der Waals surface area contributed by atoms with Crippen molar-refractivity contribution in [3.63, 3.8) is 0 Å². The molecule has 0 bridgehead atoms. The molecule has 0 radical (unpaired) electrons. The summed E-state index contributed by atoms with van der Waals surface area (Å²) >= 11 is 3.12. The fraction of sp³-hybridized carbons (Fsp3) is 0.241. The average Bonchev–Trinajstić information content (AvgIpc) is 3.13. The second kappa shape index (κ2) is 12.0. The topological polar surface area (TPSA) is 65.1 Å². The maximum Gasteiger partial charge on any atom is 0.293 e. The zero-order valence-electron chi connectivity index (χ0n) is 21.2. The lowest BCUT2D eigenvalue weighted by atomic mass is 10.1. The third-order valence-corrected chi connectivity index (χ3v) is 7.68. The molecule has 0 spiro atoms. The Kier molecular flexibility index (Phi) is 8.81. The highest BCUT2D eigenvalue weighted by molar-refractivity contribution is 14.1. The summed E-state index contributed by atoms with van der Waals surface area (Å²) in [5.41, 5.74) is 5.10. The number of thioether (sulfide) groups is 1. The molecule has 0 saturated carbocycles. The summed E-state index contributed by atoms with van der Waals surface area (Å²) in [5, 5.41) is -0.305. The number of amides is 2. The van der Waals surface area contributed by atoms with Crippen molar-refractivity contribution in [1.29, 1.82) is 0 Å². The Bertz CT molecular complexity index is 1370. The van der Waals surface area contributed by atoms with Gasteiger partial charge in [-0.25, -0.2) is 0 Å². The third-order valence-electron chi connectivity index (χ3n) is 5.97. The Morgan fingerprint density at radius 1 is 0.946 bits per heavy atom. The number of aryl methyl sites for hydroxylation is 3. The summed E-state index contributed by atoms with van der Waals surface area (Å²) in [4.78, 5) is 27.1. The van der Waals surface area contributed by atoms with Crippen LogP contribution in [-0.4, -0.2) is 36.3 Å². The molecule has 3 aromatic rings. The predicted octanol–water partition coefficient (Wildman–Crippen LogP) is 6.92. The van der Waals surface area contributed by atoms with Gasteiger partial charge in [-0.15, -0.1) is 0 Å². The first-order valence-electron chi connectivity index (χ1n) is 11.8. The minimum Gasteiger partial charge on any atom is -0.493 e. The van der Waals surface area contributed by atoms with Crippen molar-refractivity contribution >= 4 is 51.6 Å². The molecule has 192 valence electrons. The number of carbonyl (C=O) groups excluding carboxylic acids is 2. The molecule has 0 N–H and O–H groups in total. The molecule has 4 rings (SSSR count). The number of methoxy groups -OCH3 is 1. The number of ether oxygens (including phenoxy) is 3. The Morgan fingerprint density at radius 3 is 2.49 bits per heavy atom. The number of hydrogen-bond donors (Lipinski definition) is 0. The van der Waals surface area contributed by atoms with Crippen LogP contribution in [-0.2, 0) is 11.4 Å². The van der Waals surface area contributed by atoms with Crippen molar-refractivity contribution in [2.45, 2.75) is 27.4 Å². The zero-order valence-corrected chi connectivity index (χ0v) is 24.1. The number of carbonyl (C=O) groups is 2. The van der Waals surface area contributed by atoms with Gasteiger partial charge in [0.05, 0.1) is 22.1 Å². The predicted molar refractivity (Wildman–Crippen MR) is 155 cm³/mol. The van der Waals surface area contributed by atoms with Crippen LogP contribution in [0.1, 0.15) is 27.8 Å². The van der Waals surface area contributed by atoms with Gasteiger partial charge in [0.15, 0.2) is 11.5 Å². The number of nitrogens with zero attached hydrogens (tertiary/aromatic N) is 1. The summed E-state index contributed by atoms with van der Waals surface area (Å²) < 4.78 is 18.4. The van der Waals surface area contributed by atoms with E-state index in [0.29, 0.717) is 23.0 Å². The number of rotatable bonds is 9. The number of halogens is 1. The first-order valence-corrected chi connectivity index (χ1v) is 13.7. The minimum absolute atomic E-state index is 0.182. The zero-order chi connectivity index (χ0) is 26.5. The molecular formula is C29H28INO5S. The lowest BCUT2D eigenvalue weighted by Crippen LogP contribution is -2.32. The van der Waals surface area contributed by atoms with Gasteiger partial charge < -0.3 is 14.2 Å². The number of imide groups is 1. The standard InChI is InChI=1S/C29H28INO5S/c1-18-9-10-20(3)24(13-18)35-12-11-31-28(32)26(37-29(31)33)16-21-14-23(30)27(25(15-21)34-4)36-17-22-8-6-5-7-19(22)2/h5-10,13-16H,11-12,17H2,1-4H3/b26-16-. The lowest BCUT2D eigenvalue weighted by molar-refractivity contribution is -0.123. The van der Waals surface area contributed by atoms with Crippen molar-refractivity contribution in [2.24, 2.45) is 0 Å². The van der Waals surface area contributed by atoms with E-state index >= 15 is 0 Å². The fourth-order valence-electron chi connectivity index (χ4n) is 3.84. The summed E-state index contributed by atoms with van der Waals surface area (Å²) in [7, 11) is 1.58. The van der Waals surface area contributed by atoms with E-state index in [9.17, 15) is 9.59 Å². The van der Waals surface area contributed by atoms with Crippen LogP contribution < -0.4 is 14.2 Å². The SMILES string of the molecule is COc1cc(/C=C2\SC(=O)N(CCOc3cc(C)ccc3C)C2=O)cc(I)c1OCc1ccccc1C. The molecule has 8 heteroatoms. The van der Waals surface area contributed by atoms with Crippen LogP contribution in [0.3, 0.4) is 0 Å². The van der Waals surface area contributed by atoms with E-state index in [2.05, 4.69) is 22.6 Å². The highest BCUT2D eigenvalue weighted by Gasteiger charge is 2.35. The molecule has 1 heterocycles. The van der Waals surface area contributed by atoms with E-state index in [1.54, 1.807) is 13.2 Å². The average molecular weight is 630 g/mol. The molecule has 2 amide bonds. The van der Waals surface area contributed by atoms with E-state index in [0.717, 1.165) is 48.9 Å². The van der Waals surface area contributed by atoms with Gasteiger partial charge in [0, 0.05) is 0 Å². The Labute approximate surface area is 235 Å². The van der Waals surface area contributed by atoms with Crippen LogP contribution in [0.25, 0.3) is 6.08 Å². The second-order valence-electron chi connectivity index (χ2n) is 8.70. The van der Waals surface area contributed by atoms with Gasteiger partial charge in [0.2, 0.25) is 0 Å². The molecule has 0 atom stereocenters. The second-order valence-corrected chi connectivity index (χ2v) is 10.9. The molecule has 1 aliphatic heterocycles. The summed E-state index contributed by atoms with van der Waals surface area (Å²) in [5.74, 6) is 1.63. The van der Waals surface area contributed by atoms with Gasteiger partial charge in [0.1, 0.15) is 19.0 Å². The summed E-state index contributed by atoms with van der Waals surface area (Å²) in [6.45, 7) is 6.84. The quantitative estimate of drug-likeness (QED) is 0.189. The van der Waals surface area contributed by atoms with Crippen LogP contribution in [0.15, 0.2) is 59.5 Å². The van der Waals surface area contributed by atoms with E-state index in [-0.39, 0.29) is 24.3 Å². The van der Waals surface area contributed by atoms with Crippen LogP contribution in [0.2, 0.25) is 0 Å². The fourth-order valence-corrected chi connectivity index (χ4v) is 5.49. The lowest BCUT2D eigenvalue weighted by Gasteiger charge is -2.15. The summed E-state index contributed by atoms with van der Waals surface area (Å²) in [6.07, 6.45) is 1.71. The first kappa shape index (κ1) is 27.1. The van der Waals surface area contributed by atoms with Crippen LogP contribution >= 0.6 is 34.4 Å². The molecule has 1 aliphatic rings. The maximum absolute atomic E-state index is 13.0. The van der Waals surface area contributed by atoms with Gasteiger partial charge in [-0.3, -0.25) is 14.5 Å². The van der Waals surface area contributed by atoms with Gasteiger partial charge >= 0.3 is 0 Å². The molecular weight excluding hydrogens is 601 g/mol. The van der Waals surface area contributed by atoms with Crippen molar-refractivity contribution in [2.75, 3.05) is 20.3 Å². The Balaban J connectivity index is 1.45. The normalized spacial score (nSPS) is 14.4. The van der Waals surface area contributed by atoms with Crippen LogP contribution in [0.4, 0.5) is 4.79 Å². The van der Waals surface area contributed by atoms with Crippen molar-refractivity contribution in [3.8, 4) is 17.2 Å². The summed E-state index contributed by atoms with van der Waals surface area (Å²) in [6, 6.07) is 17.7. The molecule has 0 unspecified atom stereocenters. The highest BCUT2D eigenvalue weighted by atomic mass is 127. The van der Waals surface area contributed by atoms with Crippen LogP contribution in [0, 0.1) is 24.3 Å². The number of benzene rings is 3. The molecule has 1 saturated heterocycles. The molecule has 0 aromatic heterocycles. The van der Waals surface area contributed by atoms with Gasteiger partial charge in [-0.1, -0.05) is 36.4 Å². The van der Waals surface area contributed by atoms with Gasteiger partial charge in [0.25, 0.3) is 11.1 Å². The van der Waals surface area contributed by atoms with Crippen LogP contribution in [0.5, 0.6) is 17.2 Å². The largest absolute Gasteiger partial charge is 0.493 e. The van der Waals surface area contributed by atoms with E-state index < -0.39 is 0 Å². The van der Waals surface area contributed by atoms with E-state index in [1.807, 2.05) is 75.4 Å².